The second-order valence-corrected chi connectivity index (χ2v) is 10.0. The summed E-state index contributed by atoms with van der Waals surface area (Å²) >= 11 is 7.33. The largest absolute Gasteiger partial charge is 0.298 e. The summed E-state index contributed by atoms with van der Waals surface area (Å²) in [7, 11) is -2.30. The predicted octanol–water partition coefficient (Wildman–Crippen LogP) is 4.88. The summed E-state index contributed by atoms with van der Waals surface area (Å²) < 4.78 is 39.7. The summed E-state index contributed by atoms with van der Waals surface area (Å²) in [5.74, 6) is -0.931. The van der Waals surface area contributed by atoms with Crippen molar-refractivity contribution in [2.45, 2.75) is 24.8 Å². The molecule has 0 fully saturated rings. The lowest BCUT2D eigenvalue weighted by Gasteiger charge is -2.21. The van der Waals surface area contributed by atoms with E-state index in [9.17, 15) is 17.6 Å². The van der Waals surface area contributed by atoms with Crippen LogP contribution in [-0.4, -0.2) is 36.7 Å². The number of aromatic nitrogens is 1. The van der Waals surface area contributed by atoms with E-state index < -0.39 is 15.9 Å². The van der Waals surface area contributed by atoms with Gasteiger partial charge in [-0.1, -0.05) is 11.6 Å². The lowest BCUT2D eigenvalue weighted by atomic mass is 10.2. The Morgan fingerprint density at radius 3 is 2.50 bits per heavy atom. The van der Waals surface area contributed by atoms with Crippen molar-refractivity contribution in [3.63, 3.8) is 0 Å². The molecule has 30 heavy (non-hydrogen) atoms. The number of amides is 1. The van der Waals surface area contributed by atoms with E-state index in [1.54, 1.807) is 31.4 Å². The van der Waals surface area contributed by atoms with Gasteiger partial charge in [-0.3, -0.25) is 10.1 Å². The zero-order chi connectivity index (χ0) is 22.1. The first kappa shape index (κ1) is 22.4. The van der Waals surface area contributed by atoms with E-state index >= 15 is 0 Å². The molecular formula is C20H19ClFN3O3S2. The van der Waals surface area contributed by atoms with E-state index in [1.807, 2.05) is 0 Å². The van der Waals surface area contributed by atoms with Gasteiger partial charge in [0.2, 0.25) is 10.0 Å². The van der Waals surface area contributed by atoms with Crippen LogP contribution in [0.3, 0.4) is 0 Å². The Labute approximate surface area is 183 Å². The van der Waals surface area contributed by atoms with Crippen molar-refractivity contribution < 1.29 is 17.6 Å². The second kappa shape index (κ2) is 8.81. The SMILES string of the molecule is CC(C)N(C)S(=O)(=O)c1ccc(Cl)c(C(=O)Nc2nc(-c3ccc(F)cc3)cs2)c1. The molecule has 0 saturated carbocycles. The molecule has 10 heteroatoms. The molecule has 0 radical (unpaired) electrons. The van der Waals surface area contributed by atoms with Gasteiger partial charge in [-0.2, -0.15) is 4.31 Å². The number of hydrogen-bond donors (Lipinski definition) is 1. The van der Waals surface area contributed by atoms with Crippen LogP contribution < -0.4 is 5.32 Å². The molecule has 1 N–H and O–H groups in total. The quantitative estimate of drug-likeness (QED) is 0.560. The minimum absolute atomic E-state index is 0.0217. The summed E-state index contributed by atoms with van der Waals surface area (Å²) in [6, 6.07) is 9.58. The van der Waals surface area contributed by atoms with Crippen molar-refractivity contribution in [3.05, 3.63) is 64.2 Å². The monoisotopic (exact) mass is 467 g/mol. The van der Waals surface area contributed by atoms with Gasteiger partial charge in [0.25, 0.3) is 5.91 Å². The van der Waals surface area contributed by atoms with Crippen LogP contribution in [0.25, 0.3) is 11.3 Å². The first-order valence-electron chi connectivity index (χ1n) is 8.90. The molecule has 0 aliphatic heterocycles. The van der Waals surface area contributed by atoms with Gasteiger partial charge in [0.15, 0.2) is 5.13 Å². The number of nitrogens with zero attached hydrogens (tertiary/aromatic N) is 2. The van der Waals surface area contributed by atoms with Crippen LogP contribution in [0.1, 0.15) is 24.2 Å². The van der Waals surface area contributed by atoms with Gasteiger partial charge in [-0.25, -0.2) is 17.8 Å². The zero-order valence-corrected chi connectivity index (χ0v) is 18.8. The van der Waals surface area contributed by atoms with E-state index in [-0.39, 0.29) is 27.3 Å². The van der Waals surface area contributed by atoms with Crippen molar-refractivity contribution in [1.29, 1.82) is 0 Å². The van der Waals surface area contributed by atoms with E-state index in [1.165, 1.54) is 53.0 Å². The topological polar surface area (TPSA) is 79.4 Å². The number of rotatable bonds is 6. The van der Waals surface area contributed by atoms with Crippen molar-refractivity contribution in [3.8, 4) is 11.3 Å². The highest BCUT2D eigenvalue weighted by Crippen LogP contribution is 2.27. The average molecular weight is 468 g/mol. The summed E-state index contributed by atoms with van der Waals surface area (Å²) in [4.78, 5) is 17.0. The van der Waals surface area contributed by atoms with Crippen LogP contribution in [0, 0.1) is 5.82 Å². The molecule has 3 aromatic rings. The van der Waals surface area contributed by atoms with Gasteiger partial charge in [0.1, 0.15) is 5.82 Å². The van der Waals surface area contributed by atoms with E-state index in [0.717, 1.165) is 0 Å². The molecule has 2 aromatic carbocycles. The van der Waals surface area contributed by atoms with Crippen molar-refractivity contribution in [2.75, 3.05) is 12.4 Å². The molecule has 0 spiro atoms. The van der Waals surface area contributed by atoms with Crippen molar-refractivity contribution in [2.24, 2.45) is 0 Å². The average Bonchev–Trinajstić information content (AvgIpc) is 3.16. The van der Waals surface area contributed by atoms with Gasteiger partial charge in [0, 0.05) is 24.0 Å². The van der Waals surface area contributed by atoms with Gasteiger partial charge >= 0.3 is 0 Å². The van der Waals surface area contributed by atoms with Gasteiger partial charge in [0.05, 0.1) is 21.2 Å². The van der Waals surface area contributed by atoms with Crippen molar-refractivity contribution in [1.82, 2.24) is 9.29 Å². The molecule has 0 atom stereocenters. The normalized spacial score (nSPS) is 11.8. The maximum absolute atomic E-state index is 13.1. The molecule has 1 heterocycles. The number of carbonyl (C=O) groups excluding carboxylic acids is 1. The Morgan fingerprint density at radius 1 is 1.20 bits per heavy atom. The standard InChI is InChI=1S/C20H19ClFN3O3S2/c1-12(2)25(3)30(27,28)15-8-9-17(21)16(10-15)19(26)24-20-23-18(11-29-20)13-4-6-14(22)7-5-13/h4-12H,1-3H3,(H,23,24,26). The number of sulfonamides is 1. The summed E-state index contributed by atoms with van der Waals surface area (Å²) in [5, 5.41) is 4.79. The number of nitrogens with one attached hydrogen (secondary N) is 1. The smallest absolute Gasteiger partial charge is 0.259 e. The van der Waals surface area contributed by atoms with Gasteiger partial charge in [-0.15, -0.1) is 11.3 Å². The highest BCUT2D eigenvalue weighted by molar-refractivity contribution is 7.89. The Balaban J connectivity index is 1.85. The summed E-state index contributed by atoms with van der Waals surface area (Å²) in [6.07, 6.45) is 0. The van der Waals surface area contributed by atoms with Crippen molar-refractivity contribution >= 4 is 44.0 Å². The molecule has 1 amide bonds. The minimum Gasteiger partial charge on any atom is -0.298 e. The molecule has 0 bridgehead atoms. The second-order valence-electron chi connectivity index (χ2n) is 6.76. The number of anilines is 1. The predicted molar refractivity (Wildman–Crippen MR) is 117 cm³/mol. The third-order valence-corrected chi connectivity index (χ3v) is 7.57. The fraction of sp³-hybridized carbons (Fsp3) is 0.200. The molecule has 0 aliphatic carbocycles. The lowest BCUT2D eigenvalue weighted by Crippen LogP contribution is -2.33. The molecule has 3 rings (SSSR count). The van der Waals surface area contributed by atoms with Gasteiger partial charge in [-0.05, 0) is 56.3 Å². The molecule has 1 aromatic heterocycles. The molecule has 6 nitrogen and oxygen atoms in total. The lowest BCUT2D eigenvalue weighted by molar-refractivity contribution is 0.102. The van der Waals surface area contributed by atoms with Crippen LogP contribution >= 0.6 is 22.9 Å². The third-order valence-electron chi connectivity index (χ3n) is 4.45. The van der Waals surface area contributed by atoms with Crippen LogP contribution in [0.4, 0.5) is 9.52 Å². The fourth-order valence-electron chi connectivity index (χ4n) is 2.53. The summed E-state index contributed by atoms with van der Waals surface area (Å²) in [6.45, 7) is 3.50. The number of thiazole rings is 1. The van der Waals surface area contributed by atoms with Crippen LogP contribution in [0.15, 0.2) is 52.7 Å². The first-order chi connectivity index (χ1) is 14.1. The Hall–Kier alpha value is -2.33. The number of hydrogen-bond acceptors (Lipinski definition) is 5. The van der Waals surface area contributed by atoms with E-state index in [4.69, 9.17) is 11.6 Å². The molecule has 158 valence electrons. The Morgan fingerprint density at radius 2 is 1.87 bits per heavy atom. The Kier molecular flexibility index (Phi) is 6.56. The highest BCUT2D eigenvalue weighted by atomic mass is 35.5. The maximum Gasteiger partial charge on any atom is 0.259 e. The molecule has 0 saturated heterocycles. The maximum atomic E-state index is 13.1. The van der Waals surface area contributed by atoms with Gasteiger partial charge < -0.3 is 0 Å². The van der Waals surface area contributed by atoms with Crippen LogP contribution in [0.2, 0.25) is 5.02 Å². The van der Waals surface area contributed by atoms with E-state index in [0.29, 0.717) is 16.4 Å². The number of halogens is 2. The third kappa shape index (κ3) is 4.70. The fourth-order valence-corrected chi connectivity index (χ4v) is 4.84. The number of benzene rings is 2. The zero-order valence-electron chi connectivity index (χ0n) is 16.4. The van der Waals surface area contributed by atoms with Crippen LogP contribution in [0.5, 0.6) is 0 Å². The highest BCUT2D eigenvalue weighted by Gasteiger charge is 2.25. The minimum atomic E-state index is -3.77. The Bertz CT molecular complexity index is 1180. The molecule has 0 unspecified atom stereocenters. The molecular weight excluding hydrogens is 449 g/mol. The number of carbonyl (C=O) groups is 1. The molecule has 0 aliphatic rings. The van der Waals surface area contributed by atoms with E-state index in [2.05, 4.69) is 10.3 Å². The van der Waals surface area contributed by atoms with Crippen LogP contribution in [-0.2, 0) is 10.0 Å². The summed E-state index contributed by atoms with van der Waals surface area (Å²) in [5.41, 5.74) is 1.31. The first-order valence-corrected chi connectivity index (χ1v) is 11.6.